The van der Waals surface area contributed by atoms with Crippen molar-refractivity contribution in [3.63, 3.8) is 0 Å². The zero-order valence-corrected chi connectivity index (χ0v) is 25.8. The van der Waals surface area contributed by atoms with Crippen LogP contribution in [0.25, 0.3) is 11.2 Å². The van der Waals surface area contributed by atoms with Crippen LogP contribution in [-0.4, -0.2) is 62.2 Å². The minimum atomic E-state index is -0.552. The number of alkyl carbamates (subject to hydrolysis) is 1. The minimum absolute atomic E-state index is 0.190. The summed E-state index contributed by atoms with van der Waals surface area (Å²) in [5, 5.41) is 11.6. The maximum Gasteiger partial charge on any atom is 0.408 e. The number of carbonyl (C=O) groups is 1. The van der Waals surface area contributed by atoms with Crippen LogP contribution in [0, 0.1) is 0 Å². The van der Waals surface area contributed by atoms with Crippen molar-refractivity contribution in [1.82, 2.24) is 30.0 Å². The zero-order chi connectivity index (χ0) is 30.1. The van der Waals surface area contributed by atoms with E-state index in [1.165, 1.54) is 0 Å². The van der Waals surface area contributed by atoms with Crippen molar-refractivity contribution < 1.29 is 14.3 Å². The molecule has 0 atom stereocenters. The summed E-state index contributed by atoms with van der Waals surface area (Å²) in [7, 11) is 1.64. The molecule has 13 heteroatoms. The lowest BCUT2D eigenvalue weighted by molar-refractivity contribution is 0.0448. The number of anilines is 3. The molecule has 5 rings (SSSR count). The highest BCUT2D eigenvalue weighted by molar-refractivity contribution is 6.43. The zero-order valence-electron chi connectivity index (χ0n) is 24.2. The summed E-state index contributed by atoms with van der Waals surface area (Å²) < 4.78 is 12.6. The molecule has 1 amide bonds. The first kappa shape index (κ1) is 29.7. The van der Waals surface area contributed by atoms with Gasteiger partial charge in [-0.3, -0.25) is 0 Å². The fourth-order valence-electron chi connectivity index (χ4n) is 4.73. The maximum absolute atomic E-state index is 12.4. The fourth-order valence-corrected chi connectivity index (χ4v) is 5.05. The normalized spacial score (nSPS) is 15.0. The molecule has 0 radical (unpaired) electrons. The number of methoxy groups -OCH3 is 1. The van der Waals surface area contributed by atoms with Crippen LogP contribution >= 0.6 is 23.2 Å². The highest BCUT2D eigenvalue weighted by Crippen LogP contribution is 2.33. The second-order valence-electron chi connectivity index (χ2n) is 11.5. The van der Waals surface area contributed by atoms with Gasteiger partial charge in [-0.15, -0.1) is 0 Å². The lowest BCUT2D eigenvalue weighted by Crippen LogP contribution is -2.54. The number of ether oxygens (including phenoxy) is 2. The number of carbonyl (C=O) groups excluding carboxylic acids is 1. The first-order valence-electron chi connectivity index (χ1n) is 13.6. The molecule has 1 aromatic carbocycles. The van der Waals surface area contributed by atoms with E-state index in [0.717, 1.165) is 30.0 Å². The molecular formula is C29H34Cl2N8O3. The smallest absolute Gasteiger partial charge is 0.408 e. The Hall–Kier alpha value is -3.83. The number of hydrogen-bond acceptors (Lipinski definition) is 9. The van der Waals surface area contributed by atoms with Gasteiger partial charge in [-0.05, 0) is 64.3 Å². The van der Waals surface area contributed by atoms with Gasteiger partial charge in [0.2, 0.25) is 0 Å². The number of aromatic nitrogens is 5. The van der Waals surface area contributed by atoms with E-state index in [1.807, 2.05) is 56.6 Å². The molecule has 222 valence electrons. The van der Waals surface area contributed by atoms with E-state index in [2.05, 4.69) is 20.5 Å². The first-order valence-corrected chi connectivity index (χ1v) is 14.4. The molecule has 4 aromatic rings. The molecule has 0 saturated carbocycles. The van der Waals surface area contributed by atoms with Crippen LogP contribution in [0.15, 0.2) is 42.7 Å². The van der Waals surface area contributed by atoms with Crippen LogP contribution in [0.3, 0.4) is 0 Å². The van der Waals surface area contributed by atoms with E-state index in [-0.39, 0.29) is 15.7 Å². The van der Waals surface area contributed by atoms with E-state index in [1.54, 1.807) is 25.6 Å². The van der Waals surface area contributed by atoms with E-state index in [9.17, 15) is 4.79 Å². The van der Waals surface area contributed by atoms with Gasteiger partial charge in [0, 0.05) is 24.8 Å². The summed E-state index contributed by atoms with van der Waals surface area (Å²) in [5.74, 6) is 2.00. The number of amides is 1. The van der Waals surface area contributed by atoms with E-state index >= 15 is 0 Å². The van der Waals surface area contributed by atoms with Gasteiger partial charge in [0.15, 0.2) is 17.0 Å². The van der Waals surface area contributed by atoms with Gasteiger partial charge in [0.25, 0.3) is 0 Å². The topological polar surface area (TPSA) is 119 Å². The van der Waals surface area contributed by atoms with Crippen molar-refractivity contribution in [2.75, 3.05) is 30.4 Å². The number of rotatable bonds is 7. The number of nitrogens with one attached hydrogen (secondary N) is 2. The maximum atomic E-state index is 12.4. The Morgan fingerprint density at radius 1 is 1.10 bits per heavy atom. The summed E-state index contributed by atoms with van der Waals surface area (Å²) in [6, 6.07) is 9.51. The lowest BCUT2D eigenvalue weighted by Gasteiger charge is -2.40. The summed E-state index contributed by atoms with van der Waals surface area (Å²) >= 11 is 12.5. The summed E-state index contributed by atoms with van der Waals surface area (Å²) in [6.07, 6.45) is 4.37. The highest BCUT2D eigenvalue weighted by atomic mass is 35.5. The second-order valence-corrected chi connectivity index (χ2v) is 12.3. The Kier molecular flexibility index (Phi) is 8.34. The Labute approximate surface area is 254 Å². The van der Waals surface area contributed by atoms with Crippen LogP contribution in [0.5, 0.6) is 5.75 Å². The highest BCUT2D eigenvalue weighted by Gasteiger charge is 2.34. The van der Waals surface area contributed by atoms with E-state index < -0.39 is 11.7 Å². The van der Waals surface area contributed by atoms with Crippen LogP contribution in [0.1, 0.15) is 46.1 Å². The molecule has 0 spiro atoms. The van der Waals surface area contributed by atoms with E-state index in [4.69, 9.17) is 47.7 Å². The van der Waals surface area contributed by atoms with Gasteiger partial charge in [0.1, 0.15) is 27.3 Å². The third-order valence-electron chi connectivity index (χ3n) is 7.02. The van der Waals surface area contributed by atoms with Crippen LogP contribution < -0.4 is 20.3 Å². The summed E-state index contributed by atoms with van der Waals surface area (Å²) in [6.45, 7) is 9.45. The van der Waals surface area contributed by atoms with Gasteiger partial charge in [-0.1, -0.05) is 35.3 Å². The number of benzene rings is 1. The standard InChI is InChI=1S/C29H34Cl2N8O3/c1-28(2,3)42-27(40)36-29(4)11-14-38(15-12-29)21-16-33-23-25(34-20-10-13-32-24(31)22(20)30)37-39(26(23)35-21)17-18-6-8-19(41-5)9-7-18/h6-10,13,16H,11-12,14-15,17H2,1-5H3,(H,36,40)(H,32,34,37). The Balaban J connectivity index is 1.41. The quantitative estimate of drug-likeness (QED) is 0.235. The molecule has 2 N–H and O–H groups in total. The molecule has 4 heterocycles. The minimum Gasteiger partial charge on any atom is -0.497 e. The number of halogens is 2. The number of pyridine rings is 1. The molecule has 0 bridgehead atoms. The molecule has 1 aliphatic heterocycles. The SMILES string of the molecule is COc1ccc(Cn2nc(Nc3ccnc(Cl)c3Cl)c3ncc(N4CCC(C)(NC(=O)OC(C)(C)C)CC4)nc32)cc1. The van der Waals surface area contributed by atoms with Crippen LogP contribution in [0.4, 0.5) is 22.1 Å². The number of fused-ring (bicyclic) bond motifs is 1. The van der Waals surface area contributed by atoms with Crippen molar-refractivity contribution in [2.45, 2.75) is 58.2 Å². The van der Waals surface area contributed by atoms with Gasteiger partial charge in [-0.2, -0.15) is 5.10 Å². The van der Waals surface area contributed by atoms with Crippen LogP contribution in [-0.2, 0) is 11.3 Å². The molecule has 0 unspecified atom stereocenters. The number of piperidine rings is 1. The Morgan fingerprint density at radius 2 is 1.81 bits per heavy atom. The van der Waals surface area contributed by atoms with Gasteiger partial charge in [-0.25, -0.2) is 24.4 Å². The third-order valence-corrected chi connectivity index (χ3v) is 7.78. The van der Waals surface area contributed by atoms with Crippen molar-refractivity contribution in [2.24, 2.45) is 0 Å². The average Bonchev–Trinajstić information content (AvgIpc) is 3.26. The monoisotopic (exact) mass is 612 g/mol. The van der Waals surface area contributed by atoms with Crippen molar-refractivity contribution >= 4 is 57.8 Å². The Bertz CT molecular complexity index is 1580. The molecule has 1 aliphatic rings. The van der Waals surface area contributed by atoms with Crippen molar-refractivity contribution in [3.05, 3.63) is 58.5 Å². The third kappa shape index (κ3) is 6.79. The van der Waals surface area contributed by atoms with Crippen LogP contribution in [0.2, 0.25) is 10.2 Å². The fraction of sp³-hybridized carbons (Fsp3) is 0.414. The molecule has 42 heavy (non-hydrogen) atoms. The molecule has 3 aromatic heterocycles. The molecule has 11 nitrogen and oxygen atoms in total. The average molecular weight is 614 g/mol. The molecule has 1 saturated heterocycles. The summed E-state index contributed by atoms with van der Waals surface area (Å²) in [5.41, 5.74) is 1.85. The Morgan fingerprint density at radius 3 is 2.48 bits per heavy atom. The number of nitrogens with zero attached hydrogens (tertiary/aromatic N) is 6. The molecule has 0 aliphatic carbocycles. The van der Waals surface area contributed by atoms with Gasteiger partial charge < -0.3 is 25.0 Å². The predicted octanol–water partition coefficient (Wildman–Crippen LogP) is 6.21. The van der Waals surface area contributed by atoms with Gasteiger partial charge in [0.05, 0.1) is 25.5 Å². The number of hydrogen-bond donors (Lipinski definition) is 2. The first-order chi connectivity index (χ1) is 19.9. The molecule has 1 fully saturated rings. The largest absolute Gasteiger partial charge is 0.497 e. The van der Waals surface area contributed by atoms with Crippen molar-refractivity contribution in [1.29, 1.82) is 0 Å². The lowest BCUT2D eigenvalue weighted by atomic mass is 9.90. The second kappa shape index (κ2) is 11.8. The molecular weight excluding hydrogens is 579 g/mol. The predicted molar refractivity (Wildman–Crippen MR) is 164 cm³/mol. The van der Waals surface area contributed by atoms with E-state index in [0.29, 0.717) is 42.3 Å². The van der Waals surface area contributed by atoms with Crippen molar-refractivity contribution in [3.8, 4) is 5.75 Å². The summed E-state index contributed by atoms with van der Waals surface area (Å²) in [4.78, 5) is 28.4. The van der Waals surface area contributed by atoms with Gasteiger partial charge >= 0.3 is 6.09 Å².